The van der Waals surface area contributed by atoms with Crippen molar-refractivity contribution in [2.75, 3.05) is 25.1 Å². The molecule has 0 amide bonds. The summed E-state index contributed by atoms with van der Waals surface area (Å²) >= 11 is 4.94. The van der Waals surface area contributed by atoms with E-state index < -0.39 is 0 Å². The standard InChI is InChI=1S/C12H18N2OS/c1-14(7-2-3-8-15)11-6-4-5-10(9-11)12(13)16/h4-6,9,15H,2-3,7-8H2,1H3,(H2,13,16). The summed E-state index contributed by atoms with van der Waals surface area (Å²) < 4.78 is 0. The van der Waals surface area contributed by atoms with Crippen molar-refractivity contribution in [1.29, 1.82) is 0 Å². The van der Waals surface area contributed by atoms with Gasteiger partial charge in [-0.2, -0.15) is 0 Å². The Kier molecular flexibility index (Phi) is 5.22. The summed E-state index contributed by atoms with van der Waals surface area (Å²) in [6.45, 7) is 1.17. The smallest absolute Gasteiger partial charge is 0.104 e. The first-order chi connectivity index (χ1) is 7.65. The highest BCUT2D eigenvalue weighted by Gasteiger charge is 2.02. The lowest BCUT2D eigenvalue weighted by atomic mass is 10.2. The van der Waals surface area contributed by atoms with E-state index >= 15 is 0 Å². The number of aliphatic hydroxyl groups is 1. The van der Waals surface area contributed by atoms with E-state index in [4.69, 9.17) is 23.1 Å². The van der Waals surface area contributed by atoms with E-state index in [1.54, 1.807) is 0 Å². The van der Waals surface area contributed by atoms with Gasteiger partial charge < -0.3 is 15.7 Å². The highest BCUT2D eigenvalue weighted by molar-refractivity contribution is 7.80. The molecular formula is C12H18N2OS. The van der Waals surface area contributed by atoms with Crippen LogP contribution >= 0.6 is 12.2 Å². The van der Waals surface area contributed by atoms with Gasteiger partial charge in [-0.25, -0.2) is 0 Å². The molecule has 0 fully saturated rings. The van der Waals surface area contributed by atoms with E-state index in [0.29, 0.717) is 4.99 Å². The van der Waals surface area contributed by atoms with Crippen molar-refractivity contribution < 1.29 is 5.11 Å². The van der Waals surface area contributed by atoms with Gasteiger partial charge in [0.2, 0.25) is 0 Å². The zero-order valence-corrected chi connectivity index (χ0v) is 10.3. The molecular weight excluding hydrogens is 220 g/mol. The summed E-state index contributed by atoms with van der Waals surface area (Å²) in [5, 5.41) is 8.71. The maximum absolute atomic E-state index is 8.71. The maximum Gasteiger partial charge on any atom is 0.104 e. The molecule has 0 radical (unpaired) electrons. The molecule has 1 aromatic rings. The highest BCUT2D eigenvalue weighted by Crippen LogP contribution is 2.15. The van der Waals surface area contributed by atoms with E-state index in [2.05, 4.69) is 4.90 Å². The summed E-state index contributed by atoms with van der Waals surface area (Å²) in [6, 6.07) is 7.88. The number of thiocarbonyl (C=S) groups is 1. The molecule has 3 nitrogen and oxygen atoms in total. The van der Waals surface area contributed by atoms with E-state index in [9.17, 15) is 0 Å². The number of hydrogen-bond donors (Lipinski definition) is 2. The second-order valence-corrected chi connectivity index (χ2v) is 4.21. The SMILES string of the molecule is CN(CCCCO)c1cccc(C(N)=S)c1. The monoisotopic (exact) mass is 238 g/mol. The van der Waals surface area contributed by atoms with Crippen LogP contribution in [0.1, 0.15) is 18.4 Å². The molecule has 3 N–H and O–H groups in total. The largest absolute Gasteiger partial charge is 0.396 e. The summed E-state index contributed by atoms with van der Waals surface area (Å²) in [4.78, 5) is 2.56. The van der Waals surface area contributed by atoms with Crippen molar-refractivity contribution in [1.82, 2.24) is 0 Å². The first-order valence-corrected chi connectivity index (χ1v) is 5.78. The first-order valence-electron chi connectivity index (χ1n) is 5.37. The fourth-order valence-electron chi connectivity index (χ4n) is 1.49. The topological polar surface area (TPSA) is 49.5 Å². The molecule has 0 aliphatic rings. The Labute approximate surface area is 102 Å². The zero-order valence-electron chi connectivity index (χ0n) is 9.52. The molecule has 1 rings (SSSR count). The average Bonchev–Trinajstić information content (AvgIpc) is 2.29. The molecule has 0 aliphatic heterocycles. The summed E-state index contributed by atoms with van der Waals surface area (Å²) in [7, 11) is 2.02. The van der Waals surface area contributed by atoms with Crippen LogP contribution in [0.15, 0.2) is 24.3 Å². The van der Waals surface area contributed by atoms with E-state index in [0.717, 1.165) is 30.6 Å². The molecule has 0 aliphatic carbocycles. The molecule has 88 valence electrons. The quantitative estimate of drug-likeness (QED) is 0.583. The third-order valence-electron chi connectivity index (χ3n) is 2.47. The highest BCUT2D eigenvalue weighted by atomic mass is 32.1. The van der Waals surface area contributed by atoms with Gasteiger partial charge in [-0.15, -0.1) is 0 Å². The van der Waals surface area contributed by atoms with Gasteiger partial charge in [-0.1, -0.05) is 24.4 Å². The average molecular weight is 238 g/mol. The van der Waals surface area contributed by atoms with E-state index in [1.165, 1.54) is 0 Å². The third-order valence-corrected chi connectivity index (χ3v) is 2.71. The first kappa shape index (κ1) is 12.9. The molecule has 0 spiro atoms. The maximum atomic E-state index is 8.71. The predicted molar refractivity (Wildman–Crippen MR) is 71.9 cm³/mol. The number of aliphatic hydroxyl groups excluding tert-OH is 1. The van der Waals surface area contributed by atoms with Gasteiger partial charge in [0, 0.05) is 31.5 Å². The predicted octanol–water partition coefficient (Wildman–Crippen LogP) is 1.53. The van der Waals surface area contributed by atoms with Crippen LogP contribution in [-0.2, 0) is 0 Å². The van der Waals surface area contributed by atoms with Crippen molar-refractivity contribution in [3.05, 3.63) is 29.8 Å². The molecule has 0 atom stereocenters. The molecule has 0 saturated carbocycles. The van der Waals surface area contributed by atoms with E-state index in [1.807, 2.05) is 31.3 Å². The van der Waals surface area contributed by atoms with Gasteiger partial charge in [0.15, 0.2) is 0 Å². The Bertz CT molecular complexity index is 355. The van der Waals surface area contributed by atoms with Gasteiger partial charge in [0.05, 0.1) is 0 Å². The van der Waals surface area contributed by atoms with Crippen molar-refractivity contribution in [2.24, 2.45) is 5.73 Å². The van der Waals surface area contributed by atoms with Crippen LogP contribution < -0.4 is 10.6 Å². The molecule has 0 bridgehead atoms. The number of unbranched alkanes of at least 4 members (excludes halogenated alkanes) is 1. The zero-order chi connectivity index (χ0) is 12.0. The van der Waals surface area contributed by atoms with Gasteiger partial charge in [0.1, 0.15) is 4.99 Å². The van der Waals surface area contributed by atoms with E-state index in [-0.39, 0.29) is 6.61 Å². The number of nitrogens with two attached hydrogens (primary N) is 1. The van der Waals surface area contributed by atoms with Crippen molar-refractivity contribution >= 4 is 22.9 Å². The van der Waals surface area contributed by atoms with Crippen LogP contribution in [0.25, 0.3) is 0 Å². The van der Waals surface area contributed by atoms with Gasteiger partial charge in [-0.05, 0) is 25.0 Å². The number of rotatable bonds is 6. The number of hydrogen-bond acceptors (Lipinski definition) is 3. The fourth-order valence-corrected chi connectivity index (χ4v) is 1.61. The Morgan fingerprint density at radius 1 is 1.44 bits per heavy atom. The lowest BCUT2D eigenvalue weighted by molar-refractivity contribution is 0.285. The lowest BCUT2D eigenvalue weighted by Crippen LogP contribution is -2.19. The molecule has 4 heteroatoms. The normalized spacial score (nSPS) is 10.1. The molecule has 16 heavy (non-hydrogen) atoms. The second kappa shape index (κ2) is 6.45. The minimum atomic E-state index is 0.251. The molecule has 0 heterocycles. The number of anilines is 1. The van der Waals surface area contributed by atoms with Crippen LogP contribution in [0.5, 0.6) is 0 Å². The second-order valence-electron chi connectivity index (χ2n) is 3.77. The third kappa shape index (κ3) is 3.79. The Balaban J connectivity index is 2.64. The minimum Gasteiger partial charge on any atom is -0.396 e. The van der Waals surface area contributed by atoms with Gasteiger partial charge in [-0.3, -0.25) is 0 Å². The Morgan fingerprint density at radius 2 is 2.19 bits per heavy atom. The summed E-state index contributed by atoms with van der Waals surface area (Å²) in [5.41, 5.74) is 7.57. The van der Waals surface area contributed by atoms with Crippen LogP contribution in [0, 0.1) is 0 Å². The van der Waals surface area contributed by atoms with Gasteiger partial charge >= 0.3 is 0 Å². The Morgan fingerprint density at radius 3 is 2.81 bits per heavy atom. The molecule has 0 unspecified atom stereocenters. The molecule has 1 aromatic carbocycles. The summed E-state index contributed by atoms with van der Waals surface area (Å²) in [5.74, 6) is 0. The van der Waals surface area contributed by atoms with Crippen LogP contribution in [0.3, 0.4) is 0 Å². The minimum absolute atomic E-state index is 0.251. The van der Waals surface area contributed by atoms with Crippen LogP contribution in [0.4, 0.5) is 5.69 Å². The Hall–Kier alpha value is -1.13. The number of nitrogens with zero attached hydrogens (tertiary/aromatic N) is 1. The van der Waals surface area contributed by atoms with Gasteiger partial charge in [0.25, 0.3) is 0 Å². The van der Waals surface area contributed by atoms with Crippen molar-refractivity contribution in [3.8, 4) is 0 Å². The fraction of sp³-hybridized carbons (Fsp3) is 0.417. The van der Waals surface area contributed by atoms with Crippen LogP contribution in [-0.4, -0.2) is 30.3 Å². The van der Waals surface area contributed by atoms with Crippen molar-refractivity contribution in [2.45, 2.75) is 12.8 Å². The molecule has 0 saturated heterocycles. The molecule has 0 aromatic heterocycles. The lowest BCUT2D eigenvalue weighted by Gasteiger charge is -2.19. The van der Waals surface area contributed by atoms with Crippen molar-refractivity contribution in [3.63, 3.8) is 0 Å². The van der Waals surface area contributed by atoms with Crippen LogP contribution in [0.2, 0.25) is 0 Å². The summed E-state index contributed by atoms with van der Waals surface area (Å²) in [6.07, 6.45) is 1.81. The number of benzene rings is 1.